The monoisotopic (exact) mass is 547 g/mol. The maximum Gasteiger partial charge on any atom is 0.324 e. The van der Waals surface area contributed by atoms with E-state index in [2.05, 4.69) is 59.8 Å². The molecule has 1 saturated heterocycles. The van der Waals surface area contributed by atoms with E-state index in [0.717, 1.165) is 84.2 Å². The second kappa shape index (κ2) is 12.2. The molecule has 1 fully saturated rings. The number of urea groups is 1. The Morgan fingerprint density at radius 2 is 1.85 bits per heavy atom. The number of aryl methyl sites for hydroxylation is 2. The molecule has 0 radical (unpaired) electrons. The number of carbonyl (C=O) groups excluding carboxylic acids is 1. The standard InChI is InChI=1S/C27H33N9O2S/c1-4-5-6-21-15-24(34-38-21)32-26(37)31-20-9-7-19(8-10-20)22-17-28-27(39-22)33-23-16-25(30-18(2)29-23)36-13-11-35(3)12-14-36/h7-10,15-17H,4-6,11-14H2,1-3H3,(H,28,29,30,33)(H2,31,32,34,37). The first kappa shape index (κ1) is 26.6. The molecule has 0 bridgehead atoms. The summed E-state index contributed by atoms with van der Waals surface area (Å²) in [4.78, 5) is 31.7. The fourth-order valence-electron chi connectivity index (χ4n) is 4.23. The summed E-state index contributed by atoms with van der Waals surface area (Å²) < 4.78 is 5.25. The minimum atomic E-state index is -0.376. The van der Waals surface area contributed by atoms with Crippen LogP contribution >= 0.6 is 11.3 Å². The van der Waals surface area contributed by atoms with Gasteiger partial charge in [-0.2, -0.15) is 0 Å². The summed E-state index contributed by atoms with van der Waals surface area (Å²) in [5.74, 6) is 3.54. The van der Waals surface area contributed by atoms with Crippen molar-refractivity contribution in [2.24, 2.45) is 0 Å². The molecule has 0 unspecified atom stereocenters. The number of thiazole rings is 1. The number of nitrogens with one attached hydrogen (secondary N) is 3. The third kappa shape index (κ3) is 7.09. The lowest BCUT2D eigenvalue weighted by molar-refractivity contribution is 0.262. The lowest BCUT2D eigenvalue weighted by atomic mass is 10.2. The van der Waals surface area contributed by atoms with Gasteiger partial charge < -0.3 is 25.0 Å². The van der Waals surface area contributed by atoms with Crippen LogP contribution in [-0.2, 0) is 6.42 Å². The number of piperazine rings is 1. The quantitative estimate of drug-likeness (QED) is 0.253. The molecule has 0 spiro atoms. The van der Waals surface area contributed by atoms with Gasteiger partial charge in [0.05, 0.1) is 4.88 Å². The SMILES string of the molecule is CCCCc1cc(NC(=O)Nc2ccc(-c3cnc(Nc4cc(N5CCN(C)CC5)nc(C)n4)s3)cc2)no1. The average Bonchev–Trinajstić information content (AvgIpc) is 3.57. The Balaban J connectivity index is 1.18. The van der Waals surface area contributed by atoms with Crippen LogP contribution < -0.4 is 20.9 Å². The number of unbranched alkanes of at least 4 members (excludes halogenated alkanes) is 1. The van der Waals surface area contributed by atoms with Crippen LogP contribution in [0.1, 0.15) is 31.4 Å². The molecule has 5 rings (SSSR count). The Kier molecular flexibility index (Phi) is 8.33. The van der Waals surface area contributed by atoms with Gasteiger partial charge in [-0.3, -0.25) is 5.32 Å². The van der Waals surface area contributed by atoms with Crippen LogP contribution in [0.2, 0.25) is 0 Å². The molecule has 204 valence electrons. The van der Waals surface area contributed by atoms with E-state index < -0.39 is 0 Å². The number of benzene rings is 1. The normalized spacial score (nSPS) is 13.9. The summed E-state index contributed by atoms with van der Waals surface area (Å²) in [5, 5.41) is 13.5. The van der Waals surface area contributed by atoms with Crippen molar-refractivity contribution in [2.45, 2.75) is 33.1 Å². The van der Waals surface area contributed by atoms with Crippen molar-refractivity contribution >= 4 is 45.6 Å². The predicted octanol–water partition coefficient (Wildman–Crippen LogP) is 5.38. The van der Waals surface area contributed by atoms with Gasteiger partial charge in [0.1, 0.15) is 23.2 Å². The molecule has 1 aliphatic heterocycles. The first-order valence-electron chi connectivity index (χ1n) is 13.1. The van der Waals surface area contributed by atoms with E-state index in [9.17, 15) is 4.79 Å². The van der Waals surface area contributed by atoms with Crippen LogP contribution in [0, 0.1) is 6.92 Å². The number of likely N-dealkylation sites (N-methyl/N-ethyl adjacent to an activating group) is 1. The number of hydrogen-bond donors (Lipinski definition) is 3. The van der Waals surface area contributed by atoms with Crippen molar-refractivity contribution < 1.29 is 9.32 Å². The summed E-state index contributed by atoms with van der Waals surface area (Å²) in [6.07, 6.45) is 4.72. The number of rotatable bonds is 9. The van der Waals surface area contributed by atoms with Crippen LogP contribution in [0.5, 0.6) is 0 Å². The third-order valence-electron chi connectivity index (χ3n) is 6.40. The zero-order valence-electron chi connectivity index (χ0n) is 22.4. The van der Waals surface area contributed by atoms with E-state index in [1.54, 1.807) is 6.07 Å². The molecule has 12 heteroatoms. The van der Waals surface area contributed by atoms with Gasteiger partial charge in [0.2, 0.25) is 0 Å². The molecule has 4 heterocycles. The highest BCUT2D eigenvalue weighted by molar-refractivity contribution is 7.18. The van der Waals surface area contributed by atoms with E-state index in [0.29, 0.717) is 11.5 Å². The van der Waals surface area contributed by atoms with Crippen molar-refractivity contribution in [3.8, 4) is 10.4 Å². The lowest BCUT2D eigenvalue weighted by Gasteiger charge is -2.33. The van der Waals surface area contributed by atoms with Crippen LogP contribution in [0.3, 0.4) is 0 Å². The zero-order valence-corrected chi connectivity index (χ0v) is 23.2. The highest BCUT2D eigenvalue weighted by Gasteiger charge is 2.17. The fraction of sp³-hybridized carbons (Fsp3) is 0.370. The topological polar surface area (TPSA) is 124 Å². The number of nitrogens with zero attached hydrogens (tertiary/aromatic N) is 6. The van der Waals surface area contributed by atoms with Crippen LogP contribution in [-0.4, -0.2) is 64.3 Å². The summed E-state index contributed by atoms with van der Waals surface area (Å²) in [6.45, 7) is 7.94. The molecule has 39 heavy (non-hydrogen) atoms. The lowest BCUT2D eigenvalue weighted by Crippen LogP contribution is -2.44. The second-order valence-corrected chi connectivity index (χ2v) is 10.6. The number of aromatic nitrogens is 4. The van der Waals surface area contributed by atoms with E-state index in [-0.39, 0.29) is 6.03 Å². The number of anilines is 5. The minimum absolute atomic E-state index is 0.376. The maximum absolute atomic E-state index is 12.4. The van der Waals surface area contributed by atoms with E-state index in [1.165, 1.54) is 11.3 Å². The number of hydrogen-bond acceptors (Lipinski definition) is 10. The van der Waals surface area contributed by atoms with Gasteiger partial charge in [0, 0.05) is 56.6 Å². The largest absolute Gasteiger partial charge is 0.359 e. The fourth-order valence-corrected chi connectivity index (χ4v) is 5.05. The van der Waals surface area contributed by atoms with Gasteiger partial charge in [-0.15, -0.1) is 0 Å². The Morgan fingerprint density at radius 1 is 1.05 bits per heavy atom. The minimum Gasteiger partial charge on any atom is -0.359 e. The van der Waals surface area contributed by atoms with Gasteiger partial charge in [-0.1, -0.05) is 42.0 Å². The van der Waals surface area contributed by atoms with Crippen molar-refractivity contribution in [3.63, 3.8) is 0 Å². The summed E-state index contributed by atoms with van der Waals surface area (Å²) in [5.41, 5.74) is 1.67. The van der Waals surface area contributed by atoms with E-state index in [1.807, 2.05) is 43.5 Å². The molecule has 0 aliphatic carbocycles. The maximum atomic E-state index is 12.4. The van der Waals surface area contributed by atoms with Crippen LogP contribution in [0.15, 0.2) is 47.1 Å². The van der Waals surface area contributed by atoms with Crippen molar-refractivity contribution in [3.05, 3.63) is 54.2 Å². The molecule has 1 aliphatic rings. The van der Waals surface area contributed by atoms with E-state index in [4.69, 9.17) is 4.52 Å². The summed E-state index contributed by atoms with van der Waals surface area (Å²) in [6, 6.07) is 11.0. The van der Waals surface area contributed by atoms with Crippen molar-refractivity contribution in [2.75, 3.05) is 54.1 Å². The summed E-state index contributed by atoms with van der Waals surface area (Å²) >= 11 is 1.54. The smallest absolute Gasteiger partial charge is 0.324 e. The Labute approximate surface area is 231 Å². The second-order valence-electron chi connectivity index (χ2n) is 9.54. The van der Waals surface area contributed by atoms with Crippen LogP contribution in [0.4, 0.5) is 33.1 Å². The number of amides is 2. The Bertz CT molecular complexity index is 1390. The van der Waals surface area contributed by atoms with Crippen LogP contribution in [0.25, 0.3) is 10.4 Å². The highest BCUT2D eigenvalue weighted by Crippen LogP contribution is 2.31. The zero-order chi connectivity index (χ0) is 27.2. The van der Waals surface area contributed by atoms with Gasteiger partial charge in [0.25, 0.3) is 0 Å². The van der Waals surface area contributed by atoms with Gasteiger partial charge in [-0.25, -0.2) is 19.7 Å². The molecule has 3 aromatic heterocycles. The molecular formula is C27H33N9O2S. The average molecular weight is 548 g/mol. The molecule has 4 aromatic rings. The predicted molar refractivity (Wildman–Crippen MR) is 155 cm³/mol. The van der Waals surface area contributed by atoms with Crippen molar-refractivity contribution in [1.82, 2.24) is 25.0 Å². The van der Waals surface area contributed by atoms with Gasteiger partial charge >= 0.3 is 6.03 Å². The molecule has 0 atom stereocenters. The van der Waals surface area contributed by atoms with E-state index >= 15 is 0 Å². The molecular weight excluding hydrogens is 514 g/mol. The highest BCUT2D eigenvalue weighted by atomic mass is 32.1. The molecule has 11 nitrogen and oxygen atoms in total. The Morgan fingerprint density at radius 3 is 2.62 bits per heavy atom. The van der Waals surface area contributed by atoms with Gasteiger partial charge in [-0.05, 0) is 38.1 Å². The molecule has 0 saturated carbocycles. The molecule has 2 amide bonds. The first-order chi connectivity index (χ1) is 18.9. The number of carbonyl (C=O) groups is 1. The summed E-state index contributed by atoms with van der Waals surface area (Å²) in [7, 11) is 2.14. The first-order valence-corrected chi connectivity index (χ1v) is 13.9. The van der Waals surface area contributed by atoms with Crippen molar-refractivity contribution in [1.29, 1.82) is 0 Å². The Hall–Kier alpha value is -4.03. The molecule has 1 aromatic carbocycles. The third-order valence-corrected chi connectivity index (χ3v) is 7.36. The molecule has 3 N–H and O–H groups in total. The van der Waals surface area contributed by atoms with Gasteiger partial charge in [0.15, 0.2) is 10.9 Å².